The number of aliphatic carboxylic acids is 2. The predicted molar refractivity (Wildman–Crippen MR) is 62.3 cm³/mol. The quantitative estimate of drug-likeness (QED) is 0.480. The van der Waals surface area contributed by atoms with E-state index in [1.54, 1.807) is 13.1 Å². The fourth-order valence-electron chi connectivity index (χ4n) is 1.35. The van der Waals surface area contributed by atoms with Crippen LogP contribution in [0.15, 0.2) is 12.4 Å². The van der Waals surface area contributed by atoms with Crippen LogP contribution in [0, 0.1) is 0 Å². The van der Waals surface area contributed by atoms with Crippen LogP contribution < -0.4 is 10.6 Å². The van der Waals surface area contributed by atoms with E-state index in [9.17, 15) is 14.4 Å². The van der Waals surface area contributed by atoms with Gasteiger partial charge in [-0.15, -0.1) is 0 Å². The third-order valence-electron chi connectivity index (χ3n) is 2.35. The average Bonchev–Trinajstić information content (AvgIpc) is 2.80. The van der Waals surface area contributed by atoms with Gasteiger partial charge in [0.25, 0.3) is 0 Å². The number of carbonyl (C=O) groups is 3. The van der Waals surface area contributed by atoms with E-state index < -0.39 is 36.5 Å². The van der Waals surface area contributed by atoms with Crippen LogP contribution in [0.2, 0.25) is 0 Å². The fraction of sp³-hybridized carbons (Fsp3) is 0.400. The highest BCUT2D eigenvalue weighted by molar-refractivity contribution is 5.86. The Morgan fingerprint density at radius 2 is 2.05 bits per heavy atom. The van der Waals surface area contributed by atoms with Gasteiger partial charge in [0.15, 0.2) is 0 Å². The summed E-state index contributed by atoms with van der Waals surface area (Å²) in [6, 6.07) is -2.63. The first-order chi connectivity index (χ1) is 8.90. The number of nitrogens with zero attached hydrogens (tertiary/aromatic N) is 1. The summed E-state index contributed by atoms with van der Waals surface area (Å²) < 4.78 is 0. The van der Waals surface area contributed by atoms with Gasteiger partial charge in [-0.05, 0) is 6.92 Å². The van der Waals surface area contributed by atoms with E-state index in [-0.39, 0.29) is 0 Å². The maximum Gasteiger partial charge on any atom is 0.326 e. The number of carbonyl (C=O) groups excluding carboxylic acids is 1. The Labute approximate surface area is 108 Å². The molecule has 9 nitrogen and oxygen atoms in total. The molecule has 104 valence electrons. The van der Waals surface area contributed by atoms with Gasteiger partial charge in [0.1, 0.15) is 6.04 Å². The second kappa shape index (κ2) is 6.38. The molecule has 0 saturated carbocycles. The SMILES string of the molecule is CC(NC(=O)N[C@H](CC(=O)O)C(=O)O)c1cn[nH]c1. The lowest BCUT2D eigenvalue weighted by Gasteiger charge is -2.16. The Bertz CT molecular complexity index is 458. The maximum atomic E-state index is 11.5. The van der Waals surface area contributed by atoms with Crippen molar-refractivity contribution in [3.63, 3.8) is 0 Å². The summed E-state index contributed by atoms with van der Waals surface area (Å²) in [7, 11) is 0. The van der Waals surface area contributed by atoms with Crippen molar-refractivity contribution in [1.82, 2.24) is 20.8 Å². The molecule has 0 radical (unpaired) electrons. The molecule has 0 aliphatic heterocycles. The van der Waals surface area contributed by atoms with Crippen molar-refractivity contribution in [3.05, 3.63) is 18.0 Å². The highest BCUT2D eigenvalue weighted by atomic mass is 16.4. The minimum absolute atomic E-state index is 0.391. The number of aromatic nitrogens is 2. The number of aromatic amines is 1. The van der Waals surface area contributed by atoms with Gasteiger partial charge in [0, 0.05) is 11.8 Å². The third kappa shape index (κ3) is 4.66. The topological polar surface area (TPSA) is 144 Å². The molecule has 1 aromatic heterocycles. The maximum absolute atomic E-state index is 11.5. The highest BCUT2D eigenvalue weighted by Crippen LogP contribution is 2.08. The van der Waals surface area contributed by atoms with Crippen molar-refractivity contribution >= 4 is 18.0 Å². The van der Waals surface area contributed by atoms with Crippen LogP contribution in [0.25, 0.3) is 0 Å². The van der Waals surface area contributed by atoms with Crippen LogP contribution in [-0.4, -0.2) is 44.4 Å². The van der Waals surface area contributed by atoms with Gasteiger partial charge < -0.3 is 20.8 Å². The Balaban J connectivity index is 2.53. The molecular weight excluding hydrogens is 256 g/mol. The number of hydrogen-bond donors (Lipinski definition) is 5. The van der Waals surface area contributed by atoms with E-state index in [1.165, 1.54) is 6.20 Å². The lowest BCUT2D eigenvalue weighted by molar-refractivity contribution is -0.145. The Hall–Kier alpha value is -2.58. The highest BCUT2D eigenvalue weighted by Gasteiger charge is 2.23. The summed E-state index contributed by atoms with van der Waals surface area (Å²) in [5.41, 5.74) is 0.709. The molecule has 0 fully saturated rings. The number of urea groups is 1. The van der Waals surface area contributed by atoms with E-state index in [0.29, 0.717) is 5.56 Å². The minimum Gasteiger partial charge on any atom is -0.481 e. The molecule has 2 amide bonds. The zero-order chi connectivity index (χ0) is 14.4. The summed E-state index contributed by atoms with van der Waals surface area (Å²) >= 11 is 0. The summed E-state index contributed by atoms with van der Waals surface area (Å²) in [6.07, 6.45) is 2.40. The first-order valence-corrected chi connectivity index (χ1v) is 5.40. The normalized spacial score (nSPS) is 13.3. The number of nitrogens with one attached hydrogen (secondary N) is 3. The molecule has 0 saturated heterocycles. The second-order valence-electron chi connectivity index (χ2n) is 3.86. The summed E-state index contributed by atoms with van der Waals surface area (Å²) in [4.78, 5) is 32.8. The monoisotopic (exact) mass is 270 g/mol. The molecule has 0 aromatic carbocycles. The summed E-state index contributed by atoms with van der Waals surface area (Å²) in [5.74, 6) is -2.72. The van der Waals surface area contributed by atoms with Gasteiger partial charge in [-0.25, -0.2) is 9.59 Å². The minimum atomic E-state index is -1.48. The Morgan fingerprint density at radius 1 is 1.37 bits per heavy atom. The zero-order valence-electron chi connectivity index (χ0n) is 10.1. The van der Waals surface area contributed by atoms with Gasteiger partial charge >= 0.3 is 18.0 Å². The molecule has 2 atom stereocenters. The second-order valence-corrected chi connectivity index (χ2v) is 3.86. The molecule has 0 bridgehead atoms. The van der Waals surface area contributed by atoms with Crippen LogP contribution in [0.4, 0.5) is 4.79 Å². The van der Waals surface area contributed by atoms with E-state index in [1.807, 2.05) is 0 Å². The lowest BCUT2D eigenvalue weighted by atomic mass is 10.2. The first-order valence-electron chi connectivity index (χ1n) is 5.40. The predicted octanol–water partition coefficient (Wildman–Crippen LogP) is -0.302. The van der Waals surface area contributed by atoms with Crippen molar-refractivity contribution in [2.24, 2.45) is 0 Å². The summed E-state index contributed by atoms with van der Waals surface area (Å²) in [6.45, 7) is 1.68. The Morgan fingerprint density at radius 3 is 2.53 bits per heavy atom. The fourth-order valence-corrected chi connectivity index (χ4v) is 1.35. The molecule has 0 spiro atoms. The van der Waals surface area contributed by atoms with Crippen LogP contribution in [-0.2, 0) is 9.59 Å². The van der Waals surface area contributed by atoms with Crippen molar-refractivity contribution < 1.29 is 24.6 Å². The first kappa shape index (κ1) is 14.5. The van der Waals surface area contributed by atoms with Crippen LogP contribution >= 0.6 is 0 Å². The zero-order valence-corrected chi connectivity index (χ0v) is 10.1. The van der Waals surface area contributed by atoms with Crippen molar-refractivity contribution in [2.45, 2.75) is 25.4 Å². The van der Waals surface area contributed by atoms with Gasteiger partial charge in [-0.3, -0.25) is 9.89 Å². The average molecular weight is 270 g/mol. The standard InChI is InChI=1S/C10H14N4O5/c1-5(6-3-11-12-4-6)13-10(19)14-7(9(17)18)2-8(15)16/h3-5,7H,2H2,1H3,(H,11,12)(H,15,16)(H,17,18)(H2,13,14,19)/t5?,7-/m1/s1. The van der Waals surface area contributed by atoms with Crippen molar-refractivity contribution in [3.8, 4) is 0 Å². The van der Waals surface area contributed by atoms with Gasteiger partial charge in [0.05, 0.1) is 18.7 Å². The van der Waals surface area contributed by atoms with Crippen LogP contribution in [0.1, 0.15) is 24.9 Å². The molecule has 5 N–H and O–H groups in total. The van der Waals surface area contributed by atoms with E-state index in [4.69, 9.17) is 10.2 Å². The van der Waals surface area contributed by atoms with Gasteiger partial charge in [0.2, 0.25) is 0 Å². The number of carboxylic acids is 2. The number of carboxylic acid groups (broad SMARTS) is 2. The molecule has 1 aromatic rings. The Kier molecular flexibility index (Phi) is 4.86. The molecule has 9 heteroatoms. The molecule has 0 aliphatic rings. The number of rotatable bonds is 6. The van der Waals surface area contributed by atoms with Crippen molar-refractivity contribution in [2.75, 3.05) is 0 Å². The lowest BCUT2D eigenvalue weighted by Crippen LogP contribution is -2.47. The van der Waals surface area contributed by atoms with Gasteiger partial charge in [-0.1, -0.05) is 0 Å². The number of amides is 2. The molecule has 0 aliphatic carbocycles. The molecular formula is C10H14N4O5. The molecule has 1 unspecified atom stereocenters. The third-order valence-corrected chi connectivity index (χ3v) is 2.35. The number of H-pyrrole nitrogens is 1. The van der Waals surface area contributed by atoms with E-state index in [0.717, 1.165) is 0 Å². The van der Waals surface area contributed by atoms with Crippen molar-refractivity contribution in [1.29, 1.82) is 0 Å². The largest absolute Gasteiger partial charge is 0.481 e. The number of hydrogen-bond acceptors (Lipinski definition) is 4. The van der Waals surface area contributed by atoms with Crippen LogP contribution in [0.3, 0.4) is 0 Å². The van der Waals surface area contributed by atoms with E-state index in [2.05, 4.69) is 20.8 Å². The summed E-state index contributed by atoms with van der Waals surface area (Å²) in [5, 5.41) is 28.1. The molecule has 1 rings (SSSR count). The molecule has 19 heavy (non-hydrogen) atoms. The van der Waals surface area contributed by atoms with Crippen LogP contribution in [0.5, 0.6) is 0 Å². The van der Waals surface area contributed by atoms with Gasteiger partial charge in [-0.2, -0.15) is 5.10 Å². The molecule has 1 heterocycles. The van der Waals surface area contributed by atoms with E-state index >= 15 is 0 Å². The smallest absolute Gasteiger partial charge is 0.326 e.